The summed E-state index contributed by atoms with van der Waals surface area (Å²) in [6.45, 7) is 0. The molecule has 0 spiro atoms. The van der Waals surface area contributed by atoms with Crippen molar-refractivity contribution in [2.24, 2.45) is 5.10 Å². The molecule has 7 heteroatoms. The summed E-state index contributed by atoms with van der Waals surface area (Å²) in [6, 6.07) is 25.3. The smallest absolute Gasteiger partial charge is 0.343 e. The van der Waals surface area contributed by atoms with Crippen LogP contribution in [-0.4, -0.2) is 25.2 Å². The third-order valence-corrected chi connectivity index (χ3v) is 5.44. The molecule has 4 aromatic rings. The molecule has 164 valence electrons. The molecule has 0 bridgehead atoms. The summed E-state index contributed by atoms with van der Waals surface area (Å²) >= 11 is 3.41. The molecule has 0 aliphatic carbocycles. The van der Waals surface area contributed by atoms with Crippen LogP contribution < -0.4 is 14.9 Å². The molecule has 33 heavy (non-hydrogen) atoms. The van der Waals surface area contributed by atoms with Crippen molar-refractivity contribution in [2.45, 2.75) is 0 Å². The summed E-state index contributed by atoms with van der Waals surface area (Å²) in [4.78, 5) is 24.9. The molecule has 0 saturated carbocycles. The van der Waals surface area contributed by atoms with E-state index < -0.39 is 5.97 Å². The van der Waals surface area contributed by atoms with Crippen LogP contribution in [0.3, 0.4) is 0 Å². The lowest BCUT2D eigenvalue weighted by Gasteiger charge is -2.12. The first kappa shape index (κ1) is 22.2. The van der Waals surface area contributed by atoms with Crippen LogP contribution in [0.5, 0.6) is 11.5 Å². The third kappa shape index (κ3) is 5.27. The van der Waals surface area contributed by atoms with Gasteiger partial charge >= 0.3 is 5.97 Å². The number of benzene rings is 4. The van der Waals surface area contributed by atoms with Crippen molar-refractivity contribution in [1.29, 1.82) is 0 Å². The fourth-order valence-electron chi connectivity index (χ4n) is 3.20. The number of hydrogen-bond donors (Lipinski definition) is 1. The average Bonchev–Trinajstić information content (AvgIpc) is 2.85. The number of halogens is 1. The van der Waals surface area contributed by atoms with E-state index in [4.69, 9.17) is 9.47 Å². The maximum atomic E-state index is 12.5. The van der Waals surface area contributed by atoms with Crippen LogP contribution in [0.2, 0.25) is 0 Å². The minimum Gasteiger partial charge on any atom is -0.493 e. The Hall–Kier alpha value is -3.97. The molecule has 1 N–H and O–H groups in total. The Morgan fingerprint density at radius 1 is 0.879 bits per heavy atom. The Morgan fingerprint density at radius 2 is 1.61 bits per heavy atom. The third-order valence-electron chi connectivity index (χ3n) is 4.85. The van der Waals surface area contributed by atoms with Gasteiger partial charge in [0.1, 0.15) is 0 Å². The SMILES string of the molecule is COc1cc(/C=N\NC(=O)c2ccc3ccccc3c2)cc(Br)c1OC(=O)c1ccccc1. The Balaban J connectivity index is 1.47. The largest absolute Gasteiger partial charge is 0.493 e. The first-order valence-electron chi connectivity index (χ1n) is 10.0. The summed E-state index contributed by atoms with van der Waals surface area (Å²) < 4.78 is 11.4. The fraction of sp³-hybridized carbons (Fsp3) is 0.0385. The maximum absolute atomic E-state index is 12.5. The second-order valence-corrected chi connectivity index (χ2v) is 7.91. The fourth-order valence-corrected chi connectivity index (χ4v) is 3.74. The van der Waals surface area contributed by atoms with Gasteiger partial charge in [-0.2, -0.15) is 5.10 Å². The highest BCUT2D eigenvalue weighted by atomic mass is 79.9. The lowest BCUT2D eigenvalue weighted by Crippen LogP contribution is -2.17. The van der Waals surface area contributed by atoms with Crippen molar-refractivity contribution < 1.29 is 19.1 Å². The molecular formula is C26H19BrN2O4. The van der Waals surface area contributed by atoms with Crippen molar-refractivity contribution in [3.8, 4) is 11.5 Å². The van der Waals surface area contributed by atoms with Crippen LogP contribution in [0.25, 0.3) is 10.8 Å². The molecule has 0 fully saturated rings. The number of hydrogen-bond acceptors (Lipinski definition) is 5. The van der Waals surface area contributed by atoms with Crippen LogP contribution >= 0.6 is 15.9 Å². The summed E-state index contributed by atoms with van der Waals surface area (Å²) in [5, 5.41) is 6.08. The highest BCUT2D eigenvalue weighted by molar-refractivity contribution is 9.10. The Bertz CT molecular complexity index is 1350. The molecule has 0 aliphatic heterocycles. The molecule has 1 amide bonds. The molecule has 6 nitrogen and oxygen atoms in total. The molecule has 4 aromatic carbocycles. The maximum Gasteiger partial charge on any atom is 0.343 e. The monoisotopic (exact) mass is 502 g/mol. The molecule has 4 rings (SSSR count). The highest BCUT2D eigenvalue weighted by Crippen LogP contribution is 2.36. The topological polar surface area (TPSA) is 77.0 Å². The zero-order valence-corrected chi connectivity index (χ0v) is 19.2. The lowest BCUT2D eigenvalue weighted by molar-refractivity contribution is 0.0728. The van der Waals surface area contributed by atoms with Gasteiger partial charge in [-0.1, -0.05) is 48.5 Å². The van der Waals surface area contributed by atoms with Gasteiger partial charge in [-0.15, -0.1) is 0 Å². The highest BCUT2D eigenvalue weighted by Gasteiger charge is 2.16. The van der Waals surface area contributed by atoms with Gasteiger partial charge in [-0.05, 0) is 68.7 Å². The van der Waals surface area contributed by atoms with Gasteiger partial charge in [0, 0.05) is 5.56 Å². The summed E-state index contributed by atoms with van der Waals surface area (Å²) in [7, 11) is 1.48. The van der Waals surface area contributed by atoms with Crippen LogP contribution in [-0.2, 0) is 0 Å². The van der Waals surface area contributed by atoms with Crippen LogP contribution in [0.1, 0.15) is 26.3 Å². The number of carbonyl (C=O) groups is 2. The molecular weight excluding hydrogens is 484 g/mol. The number of esters is 1. The minimum absolute atomic E-state index is 0.253. The van der Waals surface area contributed by atoms with Crippen molar-refractivity contribution in [3.05, 3.63) is 106 Å². The zero-order chi connectivity index (χ0) is 23.2. The number of carbonyl (C=O) groups excluding carboxylic acids is 2. The Labute approximate surface area is 199 Å². The van der Waals surface area contributed by atoms with Crippen molar-refractivity contribution in [3.63, 3.8) is 0 Å². The average molecular weight is 503 g/mol. The molecule has 0 aliphatic rings. The van der Waals surface area contributed by atoms with E-state index in [1.165, 1.54) is 13.3 Å². The van der Waals surface area contributed by atoms with E-state index in [0.717, 1.165) is 10.8 Å². The second kappa shape index (κ2) is 10.1. The number of fused-ring (bicyclic) bond motifs is 1. The van der Waals surface area contributed by atoms with Crippen LogP contribution in [0.4, 0.5) is 0 Å². The quantitative estimate of drug-likeness (QED) is 0.161. The number of ether oxygens (including phenoxy) is 2. The normalized spacial score (nSPS) is 10.8. The number of amides is 1. The number of nitrogens with zero attached hydrogens (tertiary/aromatic N) is 1. The molecule has 0 unspecified atom stereocenters. The van der Waals surface area contributed by atoms with Gasteiger partial charge in [0.05, 0.1) is 23.4 Å². The van der Waals surface area contributed by atoms with Gasteiger partial charge in [-0.25, -0.2) is 10.2 Å². The summed E-state index contributed by atoms with van der Waals surface area (Å²) in [5.74, 6) is -0.227. The van der Waals surface area contributed by atoms with E-state index in [1.54, 1.807) is 42.5 Å². The van der Waals surface area contributed by atoms with Crippen molar-refractivity contribution in [1.82, 2.24) is 5.43 Å². The van der Waals surface area contributed by atoms with Crippen LogP contribution in [0.15, 0.2) is 94.5 Å². The number of methoxy groups -OCH3 is 1. The summed E-state index contributed by atoms with van der Waals surface area (Å²) in [6.07, 6.45) is 1.48. The molecule has 0 radical (unpaired) electrons. The second-order valence-electron chi connectivity index (χ2n) is 7.05. The first-order valence-corrected chi connectivity index (χ1v) is 10.8. The van der Waals surface area contributed by atoms with E-state index in [1.807, 2.05) is 42.5 Å². The van der Waals surface area contributed by atoms with E-state index >= 15 is 0 Å². The van der Waals surface area contributed by atoms with Gasteiger partial charge in [0.25, 0.3) is 5.91 Å². The van der Waals surface area contributed by atoms with Gasteiger partial charge < -0.3 is 9.47 Å². The molecule has 0 aromatic heterocycles. The first-order chi connectivity index (χ1) is 16.0. The van der Waals surface area contributed by atoms with Crippen LogP contribution in [0, 0.1) is 0 Å². The lowest BCUT2D eigenvalue weighted by atomic mass is 10.1. The molecule has 0 atom stereocenters. The van der Waals surface area contributed by atoms with E-state index in [9.17, 15) is 9.59 Å². The zero-order valence-electron chi connectivity index (χ0n) is 17.6. The van der Waals surface area contributed by atoms with Crippen molar-refractivity contribution in [2.75, 3.05) is 7.11 Å². The Kier molecular flexibility index (Phi) is 6.80. The molecule has 0 heterocycles. The predicted octanol–water partition coefficient (Wildman–Crippen LogP) is 5.59. The number of nitrogens with one attached hydrogen (secondary N) is 1. The number of hydrazone groups is 1. The number of rotatable bonds is 6. The van der Waals surface area contributed by atoms with Gasteiger partial charge in [-0.3, -0.25) is 4.79 Å². The molecule has 0 saturated heterocycles. The van der Waals surface area contributed by atoms with E-state index in [0.29, 0.717) is 26.9 Å². The van der Waals surface area contributed by atoms with Gasteiger partial charge in [0.2, 0.25) is 0 Å². The van der Waals surface area contributed by atoms with E-state index in [-0.39, 0.29) is 11.7 Å². The standard InChI is InChI=1S/C26H19BrN2O4/c1-32-23-14-17(13-22(27)24(23)33-26(31)19-8-3-2-4-9-19)16-28-29-25(30)21-12-11-18-7-5-6-10-20(18)15-21/h2-16H,1H3,(H,29,30)/b28-16-. The minimum atomic E-state index is -0.501. The Morgan fingerprint density at radius 3 is 2.36 bits per heavy atom. The van der Waals surface area contributed by atoms with E-state index in [2.05, 4.69) is 26.5 Å². The van der Waals surface area contributed by atoms with Gasteiger partial charge in [0.15, 0.2) is 11.5 Å². The van der Waals surface area contributed by atoms with Crippen molar-refractivity contribution >= 4 is 44.8 Å². The predicted molar refractivity (Wildman–Crippen MR) is 131 cm³/mol. The summed E-state index contributed by atoms with van der Waals surface area (Å²) in [5.41, 5.74) is 4.09.